The number of tetrazole rings is 1. The van der Waals surface area contributed by atoms with E-state index in [-0.39, 0.29) is 225 Å². The number of aromatic nitrogens is 21. The molecule has 0 fully saturated rings. The van der Waals surface area contributed by atoms with Gasteiger partial charge in [-0.2, -0.15) is 25.5 Å². The summed E-state index contributed by atoms with van der Waals surface area (Å²) >= 11 is 0. The quantitative estimate of drug-likeness (QED) is 0.125. The van der Waals surface area contributed by atoms with Crippen molar-refractivity contribution in [3.63, 3.8) is 0 Å². The van der Waals surface area contributed by atoms with Crippen molar-refractivity contribution in [2.45, 2.75) is 49.0 Å². The maximum absolute atomic E-state index is 4.17. The second kappa shape index (κ2) is 50.6. The first-order chi connectivity index (χ1) is 35.9. The van der Waals surface area contributed by atoms with Crippen molar-refractivity contribution in [1.82, 2.24) is 104 Å². The summed E-state index contributed by atoms with van der Waals surface area (Å²) < 4.78 is 9.05. The Balaban J connectivity index is -0.000000279. The fraction of sp³-hybridized carbons (Fsp3) is 0.298. The van der Waals surface area contributed by atoms with Gasteiger partial charge in [-0.1, -0.05) is 87.1 Å². The predicted molar refractivity (Wildman–Crippen MR) is 289 cm³/mol. The van der Waals surface area contributed by atoms with Gasteiger partial charge in [-0.25, -0.2) is 16.5 Å². The van der Waals surface area contributed by atoms with E-state index < -0.39 is 0 Å². The van der Waals surface area contributed by atoms with Gasteiger partial charge in [-0.05, 0) is 110 Å². The molecule has 0 bridgehead atoms. The minimum absolute atomic E-state index is 0. The van der Waals surface area contributed by atoms with Crippen LogP contribution in [-0.4, -0.2) is 198 Å². The van der Waals surface area contributed by atoms with Crippen LogP contribution in [0, 0.1) is 259 Å². The van der Waals surface area contributed by atoms with E-state index >= 15 is 0 Å². The van der Waals surface area contributed by atoms with Crippen LogP contribution >= 0.6 is 0 Å². The zero-order valence-corrected chi connectivity index (χ0v) is 75.8. The largest absolute Gasteiger partial charge is 0.481 e. The molecule has 0 saturated heterocycles. The molecule has 35 heteroatoms. The number of pyridine rings is 1. The van der Waals surface area contributed by atoms with E-state index in [0.29, 0.717) is 11.5 Å². The fourth-order valence-electron chi connectivity index (χ4n) is 5.58. The average Bonchev–Trinajstić information content (AvgIpc) is 4.27. The van der Waals surface area contributed by atoms with Crippen LogP contribution in [0.15, 0.2) is 121 Å². The summed E-state index contributed by atoms with van der Waals surface area (Å²) in [6, 6.07) is 16.0. The van der Waals surface area contributed by atoms with Crippen molar-refractivity contribution in [1.29, 1.82) is 0 Å². The molecule has 0 atom stereocenters. The Bertz CT molecular complexity index is 3170. The molecule has 0 aliphatic carbocycles. The van der Waals surface area contributed by atoms with Crippen LogP contribution in [0.5, 0.6) is 0 Å². The van der Waals surface area contributed by atoms with Crippen molar-refractivity contribution in [2.75, 3.05) is 49.3 Å². The zero-order valence-electron chi connectivity index (χ0n) is 46.6. The van der Waals surface area contributed by atoms with E-state index in [2.05, 4.69) is 170 Å². The van der Waals surface area contributed by atoms with E-state index in [1.807, 2.05) is 70.3 Å². The third-order valence-electron chi connectivity index (χ3n) is 8.49. The third-order valence-corrected chi connectivity index (χ3v) is 8.49. The van der Waals surface area contributed by atoms with E-state index in [4.69, 9.17) is 0 Å². The smallest absolute Gasteiger partial charge is 0.168 e. The molecule has 0 amide bonds. The molecule has 8 heterocycles. The number of fused-ring (bicyclic) bond motifs is 3. The molecule has 82 heavy (non-hydrogen) atoms. The molecule has 10 aromatic rings. The second-order valence-corrected chi connectivity index (χ2v) is 14.4. The van der Waals surface area contributed by atoms with Crippen molar-refractivity contribution in [3.8, 4) is 0 Å². The molecule has 420 valence electrons. The fourth-order valence-corrected chi connectivity index (χ4v) is 5.58. The van der Waals surface area contributed by atoms with E-state index in [1.54, 1.807) is 84.2 Å². The van der Waals surface area contributed by atoms with E-state index in [1.165, 1.54) is 47.3 Å². The van der Waals surface area contributed by atoms with Crippen LogP contribution in [0.1, 0.15) is 41.3 Å². The molecule has 0 aliphatic rings. The van der Waals surface area contributed by atoms with E-state index in [0.717, 1.165) is 44.4 Å². The van der Waals surface area contributed by atoms with E-state index in [9.17, 15) is 0 Å². The molecule has 0 unspecified atom stereocenters. The Hall–Kier alpha value is -2.53. The number of rotatable bonds is 7. The van der Waals surface area contributed by atoms with Crippen molar-refractivity contribution >= 4 is 77.5 Å². The first kappa shape index (κ1) is 88.2. The summed E-state index contributed by atoms with van der Waals surface area (Å²) in [5, 5.41) is 46.8. The molecule has 10 rings (SSSR count). The molecule has 0 spiro atoms. The molecule has 28 nitrogen and oxygen atoms in total. The van der Waals surface area contributed by atoms with Gasteiger partial charge in [0, 0.05) is 295 Å². The van der Waals surface area contributed by atoms with Gasteiger partial charge in [0.25, 0.3) is 0 Å². The minimum atomic E-state index is 0. The number of hydrogen-bond acceptors (Lipinski definition) is 21. The van der Waals surface area contributed by atoms with Gasteiger partial charge in [-0.15, -0.1) is 29.0 Å². The number of aliphatic imine (C=N–C) groups is 7. The first-order valence-corrected chi connectivity index (χ1v) is 21.8. The van der Waals surface area contributed by atoms with Gasteiger partial charge in [0.05, 0.1) is 0 Å². The van der Waals surface area contributed by atoms with Crippen molar-refractivity contribution < 1.29 is 218 Å². The Labute approximate surface area is 643 Å². The zero-order chi connectivity index (χ0) is 53.7. The molecule has 0 N–H and O–H groups in total. The van der Waals surface area contributed by atoms with Crippen LogP contribution in [0.2, 0.25) is 0 Å². The first-order valence-electron chi connectivity index (χ1n) is 21.8. The molecular weight excluding hydrogens is 2620 g/mol. The van der Waals surface area contributed by atoms with Crippen LogP contribution in [0.4, 0.5) is 0 Å². The van der Waals surface area contributed by atoms with Gasteiger partial charge < -0.3 is 77.8 Å². The SMILES string of the molecule is C.CN=[C-]n1ccnn1.CN=[C-]n1cncn1.CN=[C-]n1nc(C)cc1C.CN=[C-]n1ncc2cc(C)ccc21.CN=[C-]n1nnc(C)n1.CN=[C-]n1nnc2cc(C)ccc21.CN=[C-]n1nnc2cc(C)cnc21.[U].[U].[U].[U].[U].[U].[U]. The standard InChI is InChI=1S/C10H10N3.C9H9N4.C8H8N5.C7H10N3.C4H6N5.2C4H5N4.CH4.7U/c1-8-3-4-10-9(5-8)6-12-13(10)7-11-2;1-7-3-4-9-8(5-7)11-12-13(9)6-10-2;1-6-3-7-8(10-4-6)13(5-9-2)12-11-7;1-6-4-7(2)10(9-6)5-8-3;1-4-6-8-9(7-4)3-5-2;1-5-3-8-4-6-2-7-8;1-5-4-8-3-2-6-7-8;;;;;;;;/h3-6H,1-2H3;3-5H,1-2H3;3-4H,1-2H3;4H,1-3H3;1-2H3;2,4H,1H3;2-3H,1H3;1H4;;;;;;;/q7*-1;;;;;;;;. The maximum Gasteiger partial charge on any atom is 0.168 e. The van der Waals surface area contributed by atoms with Crippen molar-refractivity contribution in [3.05, 3.63) is 120 Å². The summed E-state index contributed by atoms with van der Waals surface area (Å²) in [6.07, 6.45) is 28.2. The Morgan fingerprint density at radius 1 is 0.463 bits per heavy atom. The molecule has 2 aromatic carbocycles. The van der Waals surface area contributed by atoms with Gasteiger partial charge in [0.1, 0.15) is 6.33 Å². The van der Waals surface area contributed by atoms with Crippen LogP contribution in [0.25, 0.3) is 33.1 Å². The van der Waals surface area contributed by atoms with Gasteiger partial charge in [0.15, 0.2) is 5.82 Å². The van der Waals surface area contributed by atoms with Crippen LogP contribution < -0.4 is 0 Å². The normalized spacial score (nSPS) is 10.1. The average molecular weight is 2680 g/mol. The Kier molecular flexibility index (Phi) is 54.5. The molecular formula is C47H57N28U7-7. The Morgan fingerprint density at radius 3 is 1.56 bits per heavy atom. The monoisotopic (exact) mass is 2680 g/mol. The van der Waals surface area contributed by atoms with Gasteiger partial charge in [-0.3, -0.25) is 0 Å². The summed E-state index contributed by atoms with van der Waals surface area (Å²) in [4.78, 5) is 34.8. The summed E-state index contributed by atoms with van der Waals surface area (Å²) in [5.41, 5.74) is 9.80. The Morgan fingerprint density at radius 2 is 1.01 bits per heavy atom. The second-order valence-electron chi connectivity index (χ2n) is 14.4. The van der Waals surface area contributed by atoms with Crippen molar-refractivity contribution in [2.24, 2.45) is 34.9 Å². The van der Waals surface area contributed by atoms with Crippen LogP contribution in [-0.2, 0) is 0 Å². The molecule has 8 aromatic heterocycles. The summed E-state index contributed by atoms with van der Waals surface area (Å²) in [7, 11) is 11.5. The third kappa shape index (κ3) is 31.7. The molecule has 0 saturated carbocycles. The maximum atomic E-state index is 4.17. The topological polar surface area (TPSA) is 301 Å². The number of hydrogen-bond donors (Lipinski definition) is 0. The molecule has 0 aliphatic heterocycles. The number of aryl methyl sites for hydroxylation is 6. The summed E-state index contributed by atoms with van der Waals surface area (Å²) in [5.74, 6) is 0.617. The van der Waals surface area contributed by atoms with Gasteiger partial charge >= 0.3 is 0 Å². The molecule has 0 radical (unpaired) electrons. The van der Waals surface area contributed by atoms with Crippen LogP contribution in [0.3, 0.4) is 0 Å². The predicted octanol–water partition coefficient (Wildman–Crippen LogP) is 3.58. The number of nitrogens with zero attached hydrogens (tertiary/aromatic N) is 28. The summed E-state index contributed by atoms with van der Waals surface area (Å²) in [6.45, 7) is 11.7. The minimum Gasteiger partial charge on any atom is -0.481 e. The van der Waals surface area contributed by atoms with Gasteiger partial charge in [0.2, 0.25) is 0 Å². The number of benzene rings is 2.